The zero-order valence-electron chi connectivity index (χ0n) is 9.39. The van der Waals surface area contributed by atoms with E-state index in [4.69, 9.17) is 4.74 Å². The molecule has 13 heavy (non-hydrogen) atoms. The Labute approximate surface area is 81.9 Å². The molecule has 2 fully saturated rings. The fraction of sp³-hybridized carbons (Fsp3) is 1.00. The number of hydrogen-bond donors (Lipinski definition) is 0. The SMILES string of the molecule is CC(OC1(C2CC2)CC1)C(C)(C)C. The van der Waals surface area contributed by atoms with E-state index in [1.54, 1.807) is 0 Å². The lowest BCUT2D eigenvalue weighted by atomic mass is 9.90. The van der Waals surface area contributed by atoms with Gasteiger partial charge in [-0.1, -0.05) is 20.8 Å². The summed E-state index contributed by atoms with van der Waals surface area (Å²) in [7, 11) is 0. The molecule has 2 rings (SSSR count). The maximum atomic E-state index is 6.24. The molecule has 1 heteroatoms. The lowest BCUT2D eigenvalue weighted by Gasteiger charge is -2.31. The van der Waals surface area contributed by atoms with Gasteiger partial charge >= 0.3 is 0 Å². The molecule has 1 unspecified atom stereocenters. The van der Waals surface area contributed by atoms with Crippen LogP contribution in [0.5, 0.6) is 0 Å². The normalized spacial score (nSPS) is 28.6. The van der Waals surface area contributed by atoms with Crippen LogP contribution in [-0.4, -0.2) is 11.7 Å². The molecule has 0 aromatic carbocycles. The van der Waals surface area contributed by atoms with Gasteiger partial charge in [0.1, 0.15) is 0 Å². The summed E-state index contributed by atoms with van der Waals surface area (Å²) >= 11 is 0. The minimum atomic E-state index is 0.296. The van der Waals surface area contributed by atoms with Crippen molar-refractivity contribution < 1.29 is 4.74 Å². The van der Waals surface area contributed by atoms with Crippen molar-refractivity contribution in [2.75, 3.05) is 0 Å². The third-order valence-corrected chi connectivity index (χ3v) is 3.70. The van der Waals surface area contributed by atoms with Crippen LogP contribution in [0.25, 0.3) is 0 Å². The van der Waals surface area contributed by atoms with E-state index in [2.05, 4.69) is 27.7 Å². The lowest BCUT2D eigenvalue weighted by Crippen LogP contribution is -2.32. The van der Waals surface area contributed by atoms with Crippen molar-refractivity contribution in [1.82, 2.24) is 0 Å². The molecule has 0 saturated heterocycles. The topological polar surface area (TPSA) is 9.23 Å². The van der Waals surface area contributed by atoms with Gasteiger partial charge in [-0.25, -0.2) is 0 Å². The van der Waals surface area contributed by atoms with Crippen molar-refractivity contribution in [3.8, 4) is 0 Å². The fourth-order valence-corrected chi connectivity index (χ4v) is 1.88. The minimum absolute atomic E-state index is 0.296. The summed E-state index contributed by atoms with van der Waals surface area (Å²) in [4.78, 5) is 0. The van der Waals surface area contributed by atoms with Gasteiger partial charge in [0.2, 0.25) is 0 Å². The highest BCUT2D eigenvalue weighted by Gasteiger charge is 2.56. The van der Waals surface area contributed by atoms with Gasteiger partial charge in [-0.05, 0) is 43.9 Å². The van der Waals surface area contributed by atoms with Crippen molar-refractivity contribution in [3.05, 3.63) is 0 Å². The molecule has 1 nitrogen and oxygen atoms in total. The van der Waals surface area contributed by atoms with Crippen LogP contribution in [0.2, 0.25) is 0 Å². The summed E-state index contributed by atoms with van der Waals surface area (Å²) in [5.41, 5.74) is 0.636. The third kappa shape index (κ3) is 1.90. The first-order valence-electron chi connectivity index (χ1n) is 5.62. The predicted octanol–water partition coefficient (Wildman–Crippen LogP) is 3.38. The molecule has 0 aromatic rings. The molecule has 76 valence electrons. The van der Waals surface area contributed by atoms with E-state index in [0.29, 0.717) is 17.1 Å². The van der Waals surface area contributed by atoms with Crippen LogP contribution in [0.1, 0.15) is 53.4 Å². The number of hydrogen-bond acceptors (Lipinski definition) is 1. The summed E-state index contributed by atoms with van der Waals surface area (Å²) in [6.07, 6.45) is 5.86. The largest absolute Gasteiger partial charge is 0.371 e. The second-order valence-corrected chi connectivity index (χ2v) is 5.97. The van der Waals surface area contributed by atoms with Crippen LogP contribution in [-0.2, 0) is 4.74 Å². The molecular formula is C12H22O. The monoisotopic (exact) mass is 182 g/mol. The highest BCUT2D eigenvalue weighted by atomic mass is 16.5. The van der Waals surface area contributed by atoms with Gasteiger partial charge in [0.25, 0.3) is 0 Å². The highest BCUT2D eigenvalue weighted by Crippen LogP contribution is 2.57. The Bertz CT molecular complexity index is 194. The van der Waals surface area contributed by atoms with Gasteiger partial charge in [-0.3, -0.25) is 0 Å². The van der Waals surface area contributed by atoms with Crippen molar-refractivity contribution >= 4 is 0 Å². The van der Waals surface area contributed by atoms with Crippen molar-refractivity contribution in [3.63, 3.8) is 0 Å². The molecule has 0 aliphatic heterocycles. The average Bonchev–Trinajstić information content (AvgIpc) is 2.80. The fourth-order valence-electron chi connectivity index (χ4n) is 1.88. The smallest absolute Gasteiger partial charge is 0.0716 e. The zero-order valence-corrected chi connectivity index (χ0v) is 9.39. The van der Waals surface area contributed by atoms with E-state index in [1.807, 2.05) is 0 Å². The summed E-state index contributed by atoms with van der Waals surface area (Å²) in [5, 5.41) is 0. The van der Waals surface area contributed by atoms with Crippen molar-refractivity contribution in [2.24, 2.45) is 11.3 Å². The van der Waals surface area contributed by atoms with Crippen LogP contribution in [0.4, 0.5) is 0 Å². The van der Waals surface area contributed by atoms with Gasteiger partial charge in [-0.15, -0.1) is 0 Å². The second kappa shape index (κ2) is 2.73. The molecule has 0 amide bonds. The first-order chi connectivity index (χ1) is 5.94. The Morgan fingerprint density at radius 2 is 1.77 bits per heavy atom. The van der Waals surface area contributed by atoms with E-state index < -0.39 is 0 Å². The Kier molecular flexibility index (Phi) is 1.99. The molecule has 2 aliphatic rings. The van der Waals surface area contributed by atoms with Gasteiger partial charge in [0.05, 0.1) is 11.7 Å². The van der Waals surface area contributed by atoms with Crippen LogP contribution in [0, 0.1) is 11.3 Å². The Morgan fingerprint density at radius 3 is 2.08 bits per heavy atom. The molecule has 0 radical (unpaired) electrons. The van der Waals surface area contributed by atoms with E-state index in [1.165, 1.54) is 25.7 Å². The molecule has 0 aromatic heterocycles. The summed E-state index contributed by atoms with van der Waals surface area (Å²) < 4.78 is 6.24. The van der Waals surface area contributed by atoms with E-state index in [-0.39, 0.29) is 0 Å². The summed E-state index contributed by atoms with van der Waals surface area (Å²) in [5.74, 6) is 0.914. The maximum Gasteiger partial charge on any atom is 0.0716 e. The number of rotatable bonds is 3. The average molecular weight is 182 g/mol. The standard InChI is InChI=1S/C12H22O/c1-9(11(2,3)4)13-12(7-8-12)10-5-6-10/h9-10H,5-8H2,1-4H3. The predicted molar refractivity (Wildman–Crippen MR) is 54.7 cm³/mol. The Hall–Kier alpha value is -0.0400. The molecule has 1 atom stereocenters. The minimum Gasteiger partial charge on any atom is -0.371 e. The quantitative estimate of drug-likeness (QED) is 0.650. The van der Waals surface area contributed by atoms with Gasteiger partial charge in [0, 0.05) is 0 Å². The van der Waals surface area contributed by atoms with Crippen molar-refractivity contribution in [1.29, 1.82) is 0 Å². The van der Waals surface area contributed by atoms with E-state index >= 15 is 0 Å². The molecular weight excluding hydrogens is 160 g/mol. The first kappa shape index (κ1) is 9.51. The molecule has 0 bridgehead atoms. The maximum absolute atomic E-state index is 6.24. The van der Waals surface area contributed by atoms with Gasteiger partial charge in [0.15, 0.2) is 0 Å². The van der Waals surface area contributed by atoms with Crippen molar-refractivity contribution in [2.45, 2.75) is 65.1 Å². The van der Waals surface area contributed by atoms with E-state index in [9.17, 15) is 0 Å². The molecule has 2 saturated carbocycles. The molecule has 0 N–H and O–H groups in total. The van der Waals surface area contributed by atoms with Gasteiger partial charge < -0.3 is 4.74 Å². The van der Waals surface area contributed by atoms with Crippen LogP contribution < -0.4 is 0 Å². The molecule has 0 spiro atoms. The van der Waals surface area contributed by atoms with Crippen LogP contribution in [0.3, 0.4) is 0 Å². The third-order valence-electron chi connectivity index (χ3n) is 3.70. The Balaban J connectivity index is 1.90. The summed E-state index contributed by atoms with van der Waals surface area (Å²) in [6.45, 7) is 9.02. The zero-order chi connectivity index (χ0) is 9.69. The highest BCUT2D eigenvalue weighted by molar-refractivity contribution is 5.07. The van der Waals surface area contributed by atoms with E-state index in [0.717, 1.165) is 5.92 Å². The number of ether oxygens (including phenoxy) is 1. The lowest BCUT2D eigenvalue weighted by molar-refractivity contribution is -0.0804. The second-order valence-electron chi connectivity index (χ2n) is 5.97. The molecule has 0 heterocycles. The van der Waals surface area contributed by atoms with Gasteiger partial charge in [-0.2, -0.15) is 0 Å². The first-order valence-corrected chi connectivity index (χ1v) is 5.62. The Morgan fingerprint density at radius 1 is 1.23 bits per heavy atom. The van der Waals surface area contributed by atoms with Crippen LogP contribution >= 0.6 is 0 Å². The summed E-state index contributed by atoms with van der Waals surface area (Å²) in [6, 6.07) is 0. The van der Waals surface area contributed by atoms with Crippen LogP contribution in [0.15, 0.2) is 0 Å². The molecule has 2 aliphatic carbocycles.